The highest BCUT2D eigenvalue weighted by molar-refractivity contribution is 5.82. The van der Waals surface area contributed by atoms with E-state index in [2.05, 4.69) is 10.2 Å². The molecule has 1 aromatic heterocycles. The fourth-order valence-electron chi connectivity index (χ4n) is 5.24. The second-order valence-electron chi connectivity index (χ2n) is 8.45. The molecule has 6 nitrogen and oxygen atoms in total. The Kier molecular flexibility index (Phi) is 6.52. The predicted octanol–water partition coefficient (Wildman–Crippen LogP) is 5.85. The van der Waals surface area contributed by atoms with Gasteiger partial charge in [0, 0.05) is 10.8 Å². The molecule has 152 valence electrons. The van der Waals surface area contributed by atoms with E-state index in [0.29, 0.717) is 0 Å². The smallest absolute Gasteiger partial charge is 0.121 e. The van der Waals surface area contributed by atoms with Gasteiger partial charge in [0.2, 0.25) is 0 Å². The number of aromatic nitrogens is 2. The Bertz CT molecular complexity index is 708. The summed E-state index contributed by atoms with van der Waals surface area (Å²) in [5.74, 6) is 0.519. The van der Waals surface area contributed by atoms with Crippen molar-refractivity contribution in [3.05, 3.63) is 35.7 Å². The minimum Gasteiger partial charge on any atom is -0.251 e. The zero-order chi connectivity index (χ0) is 19.3. The Morgan fingerprint density at radius 1 is 0.679 bits per heavy atom. The summed E-state index contributed by atoms with van der Waals surface area (Å²) in [6.45, 7) is 0. The van der Waals surface area contributed by atoms with Gasteiger partial charge in [0.25, 0.3) is 0 Å². The van der Waals surface area contributed by atoms with Gasteiger partial charge in [-0.1, -0.05) is 38.5 Å². The Morgan fingerprint density at radius 3 is 1.43 bits per heavy atom. The molecule has 2 aliphatic carbocycles. The number of benzene rings is 1. The van der Waals surface area contributed by atoms with Crippen LogP contribution in [-0.2, 0) is 9.78 Å². The van der Waals surface area contributed by atoms with E-state index in [1.54, 1.807) is 12.4 Å². The highest BCUT2D eigenvalue weighted by Crippen LogP contribution is 2.44. The molecule has 0 aliphatic heterocycles. The molecule has 2 N–H and O–H groups in total. The van der Waals surface area contributed by atoms with Crippen LogP contribution in [0.4, 0.5) is 0 Å². The van der Waals surface area contributed by atoms with E-state index in [-0.39, 0.29) is 11.8 Å². The summed E-state index contributed by atoms with van der Waals surface area (Å²) in [6, 6.07) is 4.06. The summed E-state index contributed by atoms with van der Waals surface area (Å²) in [7, 11) is 0. The summed E-state index contributed by atoms with van der Waals surface area (Å²) in [6.07, 6.45) is 13.8. The zero-order valence-corrected chi connectivity index (χ0v) is 16.3. The van der Waals surface area contributed by atoms with Crippen LogP contribution in [0, 0.1) is 11.8 Å². The lowest BCUT2D eigenvalue weighted by Crippen LogP contribution is -2.24. The van der Waals surface area contributed by atoms with Gasteiger partial charge in [-0.2, -0.15) is 10.2 Å². The molecule has 0 saturated heterocycles. The first-order valence-corrected chi connectivity index (χ1v) is 10.7. The second-order valence-corrected chi connectivity index (χ2v) is 8.45. The Balaban J connectivity index is 1.78. The highest BCUT2D eigenvalue weighted by Gasteiger charge is 2.34. The molecule has 2 fully saturated rings. The van der Waals surface area contributed by atoms with Gasteiger partial charge in [-0.15, -0.1) is 0 Å². The van der Waals surface area contributed by atoms with Crippen LogP contribution in [0.5, 0.6) is 0 Å². The molecule has 2 aliphatic rings. The van der Waals surface area contributed by atoms with E-state index in [1.807, 2.05) is 12.1 Å². The van der Waals surface area contributed by atoms with Gasteiger partial charge >= 0.3 is 0 Å². The zero-order valence-electron chi connectivity index (χ0n) is 16.3. The monoisotopic (exact) mass is 386 g/mol. The Morgan fingerprint density at radius 2 is 1.07 bits per heavy atom. The minimum atomic E-state index is -0.422. The Hall–Kier alpha value is -1.60. The molecule has 1 aromatic carbocycles. The summed E-state index contributed by atoms with van der Waals surface area (Å²) in [5.41, 5.74) is 1.80. The van der Waals surface area contributed by atoms with Crippen LogP contribution >= 0.6 is 0 Å². The average molecular weight is 386 g/mol. The van der Waals surface area contributed by atoms with Gasteiger partial charge in [0.05, 0.1) is 12.4 Å². The summed E-state index contributed by atoms with van der Waals surface area (Å²) in [4.78, 5) is 10.1. The molecular formula is C22H30N2O4. The number of hydrogen-bond acceptors (Lipinski definition) is 6. The molecule has 2 saturated carbocycles. The fourth-order valence-corrected chi connectivity index (χ4v) is 5.24. The lowest BCUT2D eigenvalue weighted by atomic mass is 9.77. The normalized spacial score (nSPS) is 21.6. The van der Waals surface area contributed by atoms with E-state index >= 15 is 0 Å². The van der Waals surface area contributed by atoms with Gasteiger partial charge in [0.15, 0.2) is 0 Å². The first-order valence-electron chi connectivity index (χ1n) is 10.7. The summed E-state index contributed by atoms with van der Waals surface area (Å²) >= 11 is 0. The molecule has 4 rings (SSSR count). The molecule has 0 amide bonds. The third-order valence-corrected chi connectivity index (χ3v) is 6.75. The average Bonchev–Trinajstić information content (AvgIpc) is 2.76. The maximum absolute atomic E-state index is 9.86. The van der Waals surface area contributed by atoms with E-state index in [9.17, 15) is 10.5 Å². The lowest BCUT2D eigenvalue weighted by molar-refractivity contribution is -0.303. The minimum absolute atomic E-state index is 0.260. The third kappa shape index (κ3) is 4.06. The molecule has 2 unspecified atom stereocenters. The quantitative estimate of drug-likeness (QED) is 0.478. The summed E-state index contributed by atoms with van der Waals surface area (Å²) in [5, 5.41) is 29.6. The summed E-state index contributed by atoms with van der Waals surface area (Å²) < 4.78 is 0. The molecule has 28 heavy (non-hydrogen) atoms. The van der Waals surface area contributed by atoms with Crippen molar-refractivity contribution in [1.29, 1.82) is 0 Å². The van der Waals surface area contributed by atoms with Gasteiger partial charge in [0.1, 0.15) is 12.2 Å². The molecule has 2 aromatic rings. The maximum atomic E-state index is 9.86. The Labute approximate surface area is 165 Å². The van der Waals surface area contributed by atoms with Crippen LogP contribution in [0.25, 0.3) is 10.8 Å². The maximum Gasteiger partial charge on any atom is 0.121 e. The lowest BCUT2D eigenvalue weighted by Gasteiger charge is -2.33. The van der Waals surface area contributed by atoms with E-state index in [1.165, 1.54) is 12.8 Å². The third-order valence-electron chi connectivity index (χ3n) is 6.75. The van der Waals surface area contributed by atoms with Crippen molar-refractivity contribution in [1.82, 2.24) is 10.2 Å². The van der Waals surface area contributed by atoms with Gasteiger partial charge < -0.3 is 0 Å². The van der Waals surface area contributed by atoms with Crippen molar-refractivity contribution < 1.29 is 20.3 Å². The standard InChI is InChI=1S/C22H30N2O4/c25-27-21(15-7-3-1-4-8-15)19-11-17-13-23-24-14-18(17)12-20(19)22(28-26)16-9-5-2-6-10-16/h11-16,21-22,25-26H,1-10H2. The molecule has 0 radical (unpaired) electrons. The van der Waals surface area contributed by atoms with Crippen molar-refractivity contribution in [2.75, 3.05) is 0 Å². The van der Waals surface area contributed by atoms with Crippen LogP contribution in [-0.4, -0.2) is 20.7 Å². The molecule has 1 heterocycles. The van der Waals surface area contributed by atoms with Crippen LogP contribution in [0.3, 0.4) is 0 Å². The molecule has 0 bridgehead atoms. The number of fused-ring (bicyclic) bond motifs is 1. The van der Waals surface area contributed by atoms with Crippen molar-refractivity contribution in [3.8, 4) is 0 Å². The van der Waals surface area contributed by atoms with Crippen LogP contribution < -0.4 is 0 Å². The van der Waals surface area contributed by atoms with Crippen molar-refractivity contribution >= 4 is 10.8 Å². The van der Waals surface area contributed by atoms with E-state index in [4.69, 9.17) is 9.78 Å². The predicted molar refractivity (Wildman–Crippen MR) is 106 cm³/mol. The number of nitrogens with zero attached hydrogens (tertiary/aromatic N) is 2. The van der Waals surface area contributed by atoms with Gasteiger partial charge in [-0.05, 0) is 60.8 Å². The van der Waals surface area contributed by atoms with Crippen LogP contribution in [0.2, 0.25) is 0 Å². The SMILES string of the molecule is OOC(c1cc2cnncc2cc1C(OO)C1CCCCC1)C1CCCCC1. The van der Waals surface area contributed by atoms with Crippen molar-refractivity contribution in [2.45, 2.75) is 76.4 Å². The molecular weight excluding hydrogens is 356 g/mol. The van der Waals surface area contributed by atoms with Crippen LogP contribution in [0.15, 0.2) is 24.5 Å². The van der Waals surface area contributed by atoms with E-state index in [0.717, 1.165) is 73.3 Å². The molecule has 2 atom stereocenters. The molecule has 0 spiro atoms. The molecule has 6 heteroatoms. The van der Waals surface area contributed by atoms with Crippen molar-refractivity contribution in [3.63, 3.8) is 0 Å². The van der Waals surface area contributed by atoms with Gasteiger partial charge in [-0.3, -0.25) is 10.5 Å². The number of rotatable bonds is 6. The van der Waals surface area contributed by atoms with Gasteiger partial charge in [-0.25, -0.2) is 9.78 Å². The van der Waals surface area contributed by atoms with E-state index < -0.39 is 12.2 Å². The second kappa shape index (κ2) is 9.27. The first kappa shape index (κ1) is 19.7. The first-order chi connectivity index (χ1) is 13.8. The topological polar surface area (TPSA) is 84.7 Å². The number of hydrogen-bond donors (Lipinski definition) is 2. The largest absolute Gasteiger partial charge is 0.251 e. The van der Waals surface area contributed by atoms with Crippen LogP contribution in [0.1, 0.15) is 87.5 Å². The fraction of sp³-hybridized carbons (Fsp3) is 0.636. The van der Waals surface area contributed by atoms with Crippen molar-refractivity contribution in [2.24, 2.45) is 11.8 Å². The highest BCUT2D eigenvalue weighted by atomic mass is 17.1.